The van der Waals surface area contributed by atoms with Crippen LogP contribution in [0.25, 0.3) is 5.69 Å². The maximum Gasteiger partial charge on any atom is 0.185 e. The molecule has 0 amide bonds. The quantitative estimate of drug-likeness (QED) is 0.712. The van der Waals surface area contributed by atoms with Crippen molar-refractivity contribution in [1.82, 2.24) is 15.1 Å². The van der Waals surface area contributed by atoms with Gasteiger partial charge in [0.1, 0.15) is 11.5 Å². The SMILES string of the molecule is Cc1cc(C(=O)Cc2ccc3c(c2F)CCNC3)n(-c2cccc(C#N)c2)n1. The lowest BCUT2D eigenvalue weighted by molar-refractivity contribution is 0.0984. The van der Waals surface area contributed by atoms with Gasteiger partial charge in [0.15, 0.2) is 5.78 Å². The van der Waals surface area contributed by atoms with Crippen molar-refractivity contribution in [2.24, 2.45) is 0 Å². The van der Waals surface area contributed by atoms with Crippen molar-refractivity contribution in [1.29, 1.82) is 5.26 Å². The van der Waals surface area contributed by atoms with Gasteiger partial charge >= 0.3 is 0 Å². The van der Waals surface area contributed by atoms with E-state index < -0.39 is 0 Å². The maximum atomic E-state index is 14.9. The van der Waals surface area contributed by atoms with Gasteiger partial charge in [-0.25, -0.2) is 9.07 Å². The summed E-state index contributed by atoms with van der Waals surface area (Å²) in [7, 11) is 0. The van der Waals surface area contributed by atoms with Crippen LogP contribution in [0.1, 0.15) is 38.4 Å². The molecule has 5 nitrogen and oxygen atoms in total. The molecule has 0 unspecified atom stereocenters. The molecule has 0 fully saturated rings. The number of hydrogen-bond acceptors (Lipinski definition) is 4. The van der Waals surface area contributed by atoms with E-state index in [-0.39, 0.29) is 18.0 Å². The molecule has 0 atom stereocenters. The number of Topliss-reactive ketones (excluding diaryl/α,β-unsaturated/α-hetero) is 1. The van der Waals surface area contributed by atoms with Gasteiger partial charge in [-0.3, -0.25) is 4.79 Å². The smallest absolute Gasteiger partial charge is 0.185 e. The zero-order chi connectivity index (χ0) is 19.7. The molecule has 140 valence electrons. The van der Waals surface area contributed by atoms with Crippen molar-refractivity contribution >= 4 is 5.78 Å². The Bertz CT molecular complexity index is 1110. The Labute approximate surface area is 162 Å². The normalized spacial score (nSPS) is 13.0. The van der Waals surface area contributed by atoms with Crippen LogP contribution in [0.5, 0.6) is 0 Å². The lowest BCUT2D eigenvalue weighted by atomic mass is 9.95. The number of aryl methyl sites for hydroxylation is 1. The van der Waals surface area contributed by atoms with Crippen molar-refractivity contribution in [3.8, 4) is 11.8 Å². The fourth-order valence-corrected chi connectivity index (χ4v) is 3.58. The van der Waals surface area contributed by atoms with E-state index in [1.165, 1.54) is 4.68 Å². The van der Waals surface area contributed by atoms with E-state index in [1.807, 2.05) is 6.07 Å². The summed E-state index contributed by atoms with van der Waals surface area (Å²) in [6, 6.07) is 14.3. The van der Waals surface area contributed by atoms with Gasteiger partial charge in [-0.2, -0.15) is 10.4 Å². The number of nitrogens with one attached hydrogen (secondary N) is 1. The average Bonchev–Trinajstić information content (AvgIpc) is 3.12. The van der Waals surface area contributed by atoms with Crippen LogP contribution in [-0.2, 0) is 19.4 Å². The molecule has 2 aromatic carbocycles. The number of rotatable bonds is 4. The highest BCUT2D eigenvalue weighted by molar-refractivity contribution is 5.96. The highest BCUT2D eigenvalue weighted by Crippen LogP contribution is 2.23. The number of carbonyl (C=O) groups is 1. The Balaban J connectivity index is 1.67. The third-order valence-corrected chi connectivity index (χ3v) is 4.98. The van der Waals surface area contributed by atoms with Gasteiger partial charge in [0.2, 0.25) is 0 Å². The van der Waals surface area contributed by atoms with Crippen LogP contribution >= 0.6 is 0 Å². The second kappa shape index (κ2) is 7.37. The number of nitrogens with zero attached hydrogens (tertiary/aromatic N) is 3. The Hall–Kier alpha value is -3.30. The third-order valence-electron chi connectivity index (χ3n) is 4.98. The fourth-order valence-electron chi connectivity index (χ4n) is 3.58. The molecule has 0 saturated carbocycles. The summed E-state index contributed by atoms with van der Waals surface area (Å²) in [5.74, 6) is -0.489. The van der Waals surface area contributed by atoms with Crippen LogP contribution in [-0.4, -0.2) is 22.1 Å². The first-order valence-electron chi connectivity index (χ1n) is 9.17. The van der Waals surface area contributed by atoms with Gasteiger partial charge in [0.05, 0.1) is 23.0 Å². The van der Waals surface area contributed by atoms with Gasteiger partial charge in [-0.05, 0) is 60.8 Å². The molecule has 0 aliphatic carbocycles. The second-order valence-corrected chi connectivity index (χ2v) is 6.95. The molecule has 28 heavy (non-hydrogen) atoms. The maximum absolute atomic E-state index is 14.9. The number of aromatic nitrogens is 2. The zero-order valence-corrected chi connectivity index (χ0v) is 15.5. The summed E-state index contributed by atoms with van der Waals surface area (Å²) in [4.78, 5) is 13.0. The number of nitriles is 1. The van der Waals surface area contributed by atoms with E-state index in [9.17, 15) is 9.18 Å². The second-order valence-electron chi connectivity index (χ2n) is 6.95. The number of hydrogen-bond donors (Lipinski definition) is 1. The summed E-state index contributed by atoms with van der Waals surface area (Å²) < 4.78 is 16.4. The van der Waals surface area contributed by atoms with Crippen molar-refractivity contribution in [3.63, 3.8) is 0 Å². The summed E-state index contributed by atoms with van der Waals surface area (Å²) in [5.41, 5.74) is 4.24. The molecule has 0 bridgehead atoms. The number of benzene rings is 2. The van der Waals surface area contributed by atoms with Gasteiger partial charge in [-0.1, -0.05) is 18.2 Å². The summed E-state index contributed by atoms with van der Waals surface area (Å²) >= 11 is 0. The minimum absolute atomic E-state index is 0.0321. The predicted octanol–water partition coefficient (Wildman–Crippen LogP) is 3.26. The lowest BCUT2D eigenvalue weighted by Crippen LogP contribution is -2.25. The van der Waals surface area contributed by atoms with E-state index >= 15 is 0 Å². The minimum Gasteiger partial charge on any atom is -0.312 e. The van der Waals surface area contributed by atoms with Gasteiger partial charge in [-0.15, -0.1) is 0 Å². The van der Waals surface area contributed by atoms with Crippen LogP contribution < -0.4 is 5.32 Å². The summed E-state index contributed by atoms with van der Waals surface area (Å²) in [6.45, 7) is 3.19. The van der Waals surface area contributed by atoms with Crippen LogP contribution in [0.2, 0.25) is 0 Å². The topological polar surface area (TPSA) is 70.7 Å². The fraction of sp³-hybridized carbons (Fsp3) is 0.227. The van der Waals surface area contributed by atoms with Crippen molar-refractivity contribution in [2.45, 2.75) is 26.3 Å². The van der Waals surface area contributed by atoms with E-state index in [0.717, 1.165) is 12.1 Å². The first-order valence-corrected chi connectivity index (χ1v) is 9.17. The minimum atomic E-state index is -0.276. The molecule has 1 aliphatic rings. The summed E-state index contributed by atoms with van der Waals surface area (Å²) in [5, 5.41) is 16.7. The molecular formula is C22H19FN4O. The Morgan fingerprint density at radius 3 is 3.00 bits per heavy atom. The van der Waals surface area contributed by atoms with Crippen molar-refractivity contribution in [3.05, 3.63) is 81.9 Å². The third kappa shape index (κ3) is 3.32. The molecule has 1 N–H and O–H groups in total. The van der Waals surface area contributed by atoms with Gasteiger partial charge < -0.3 is 5.32 Å². The van der Waals surface area contributed by atoms with Crippen LogP contribution in [0.15, 0.2) is 42.5 Å². The molecule has 3 aromatic rings. The molecular weight excluding hydrogens is 355 g/mol. The Morgan fingerprint density at radius 2 is 2.18 bits per heavy atom. The number of halogens is 1. The van der Waals surface area contributed by atoms with E-state index in [2.05, 4.69) is 16.5 Å². The molecule has 1 aliphatic heterocycles. The van der Waals surface area contributed by atoms with E-state index in [1.54, 1.807) is 43.3 Å². The first-order chi connectivity index (χ1) is 13.6. The van der Waals surface area contributed by atoms with Gasteiger partial charge in [0.25, 0.3) is 0 Å². The van der Waals surface area contributed by atoms with E-state index in [4.69, 9.17) is 5.26 Å². The number of carbonyl (C=O) groups excluding carboxylic acids is 1. The first kappa shape index (κ1) is 18.1. The molecule has 2 heterocycles. The zero-order valence-electron chi connectivity index (χ0n) is 15.5. The van der Waals surface area contributed by atoms with Gasteiger partial charge in [0, 0.05) is 13.0 Å². The largest absolute Gasteiger partial charge is 0.312 e. The van der Waals surface area contributed by atoms with Crippen LogP contribution in [0.3, 0.4) is 0 Å². The molecule has 6 heteroatoms. The lowest BCUT2D eigenvalue weighted by Gasteiger charge is -2.19. The number of fused-ring (bicyclic) bond motifs is 1. The molecule has 0 spiro atoms. The monoisotopic (exact) mass is 374 g/mol. The molecule has 1 aromatic heterocycles. The summed E-state index contributed by atoms with van der Waals surface area (Å²) in [6.07, 6.45) is 0.594. The predicted molar refractivity (Wildman–Crippen MR) is 103 cm³/mol. The standard InChI is InChI=1S/C22H19FN4O/c1-14-9-20(27(26-14)18-4-2-3-15(10-18)12-24)21(28)11-16-5-6-17-13-25-8-7-19(17)22(16)23/h2-6,9-10,25H,7-8,11,13H2,1H3. The average molecular weight is 374 g/mol. The van der Waals surface area contributed by atoms with Crippen molar-refractivity contribution in [2.75, 3.05) is 6.54 Å². The Kier molecular flexibility index (Phi) is 4.76. The van der Waals surface area contributed by atoms with E-state index in [0.29, 0.717) is 46.7 Å². The Morgan fingerprint density at radius 1 is 1.32 bits per heavy atom. The molecule has 0 radical (unpaired) electrons. The molecule has 4 rings (SSSR count). The number of ketones is 1. The highest BCUT2D eigenvalue weighted by Gasteiger charge is 2.21. The van der Waals surface area contributed by atoms with Crippen LogP contribution in [0, 0.1) is 24.1 Å². The van der Waals surface area contributed by atoms with Crippen molar-refractivity contribution < 1.29 is 9.18 Å². The highest BCUT2D eigenvalue weighted by atomic mass is 19.1. The van der Waals surface area contributed by atoms with Crippen LogP contribution in [0.4, 0.5) is 4.39 Å². The molecule has 0 saturated heterocycles.